The van der Waals surface area contributed by atoms with Crippen LogP contribution in [0.5, 0.6) is 0 Å². The van der Waals surface area contributed by atoms with Crippen LogP contribution >= 0.6 is 11.6 Å². The predicted molar refractivity (Wildman–Crippen MR) is 97.8 cm³/mol. The quantitative estimate of drug-likeness (QED) is 0.596. The Morgan fingerprint density at radius 2 is 1.04 bits per heavy atom. The van der Waals surface area contributed by atoms with Gasteiger partial charge in [0.1, 0.15) is 0 Å². The van der Waals surface area contributed by atoms with Crippen molar-refractivity contribution in [3.05, 3.63) is 94.5 Å². The maximum atomic E-state index is 6.02. The highest BCUT2D eigenvalue weighted by Gasteiger charge is 1.98. The van der Waals surface area contributed by atoms with E-state index < -0.39 is 0 Å². The second-order valence-corrected chi connectivity index (χ2v) is 5.31. The third-order valence-corrected chi connectivity index (χ3v) is 3.40. The first-order valence-corrected chi connectivity index (χ1v) is 7.68. The van der Waals surface area contributed by atoms with Crippen LogP contribution in [0.4, 0.5) is 0 Å². The van der Waals surface area contributed by atoms with Crippen molar-refractivity contribution in [2.75, 3.05) is 0 Å². The molecule has 0 amide bonds. The summed E-state index contributed by atoms with van der Waals surface area (Å²) in [7, 11) is 0. The van der Waals surface area contributed by atoms with Crippen molar-refractivity contribution in [2.24, 2.45) is 0 Å². The van der Waals surface area contributed by atoms with Gasteiger partial charge in [-0.2, -0.15) is 0 Å². The lowest BCUT2D eigenvalue weighted by Crippen LogP contribution is -1.89. The minimum atomic E-state index is 0.243. The van der Waals surface area contributed by atoms with Crippen molar-refractivity contribution >= 4 is 35.9 Å². The second-order valence-electron chi connectivity index (χ2n) is 4.97. The molecule has 1 aromatic heterocycles. The Balaban J connectivity index is 1.82. The summed E-state index contributed by atoms with van der Waals surface area (Å²) in [6.07, 6.45) is 7.87. The predicted octanol–water partition coefficient (Wildman–Crippen LogP) is 5.47. The fourth-order valence-electron chi connectivity index (χ4n) is 2.12. The summed E-state index contributed by atoms with van der Waals surface area (Å²) in [5, 5.41) is 0.243. The van der Waals surface area contributed by atoms with Crippen LogP contribution in [0.1, 0.15) is 22.5 Å². The summed E-state index contributed by atoms with van der Waals surface area (Å²) < 4.78 is 0. The molecule has 0 spiro atoms. The zero-order valence-electron chi connectivity index (χ0n) is 12.4. The molecule has 2 nitrogen and oxygen atoms in total. The van der Waals surface area contributed by atoms with E-state index in [0.29, 0.717) is 0 Å². The number of halogens is 1. The first kappa shape index (κ1) is 15.2. The minimum absolute atomic E-state index is 0.243. The van der Waals surface area contributed by atoms with Gasteiger partial charge in [0, 0.05) is 0 Å². The Bertz CT molecular complexity index is 757. The van der Waals surface area contributed by atoms with Gasteiger partial charge in [0.05, 0.1) is 11.4 Å². The molecule has 0 saturated carbocycles. The second kappa shape index (κ2) is 7.52. The molecule has 2 aromatic carbocycles. The normalized spacial score (nSPS) is 11.3. The monoisotopic (exact) mass is 318 g/mol. The van der Waals surface area contributed by atoms with E-state index in [2.05, 4.69) is 9.97 Å². The maximum absolute atomic E-state index is 6.02. The van der Waals surface area contributed by atoms with Gasteiger partial charge in [0.15, 0.2) is 0 Å². The maximum Gasteiger partial charge on any atom is 0.223 e. The molecule has 23 heavy (non-hydrogen) atoms. The van der Waals surface area contributed by atoms with Crippen LogP contribution in [-0.2, 0) is 0 Å². The Labute approximate surface area is 140 Å². The fourth-order valence-corrected chi connectivity index (χ4v) is 2.31. The van der Waals surface area contributed by atoms with Crippen molar-refractivity contribution in [1.29, 1.82) is 0 Å². The van der Waals surface area contributed by atoms with Gasteiger partial charge >= 0.3 is 0 Å². The molecule has 112 valence electrons. The summed E-state index contributed by atoms with van der Waals surface area (Å²) in [5.41, 5.74) is 3.79. The van der Waals surface area contributed by atoms with E-state index in [-0.39, 0.29) is 5.28 Å². The summed E-state index contributed by atoms with van der Waals surface area (Å²) in [6, 6.07) is 22.0. The average Bonchev–Trinajstić information content (AvgIpc) is 2.60. The SMILES string of the molecule is Clc1nc(/C=C/c2ccccc2)cc(/C=C/c2ccccc2)n1. The molecule has 3 heteroatoms. The molecule has 0 atom stereocenters. The van der Waals surface area contributed by atoms with Crippen molar-refractivity contribution in [1.82, 2.24) is 9.97 Å². The smallest absolute Gasteiger partial charge is 0.218 e. The first-order chi connectivity index (χ1) is 11.3. The molecule has 3 rings (SSSR count). The standard InChI is InChI=1S/C20H15ClN2/c21-20-22-18(13-11-16-7-3-1-4-8-16)15-19(23-20)14-12-17-9-5-2-6-10-17/h1-15H/b13-11+,14-12+. The minimum Gasteiger partial charge on any atom is -0.218 e. The summed E-state index contributed by atoms with van der Waals surface area (Å²) >= 11 is 6.02. The molecule has 0 saturated heterocycles. The Morgan fingerprint density at radius 3 is 1.48 bits per heavy atom. The molecular formula is C20H15ClN2. The lowest BCUT2D eigenvalue weighted by Gasteiger charge is -1.99. The zero-order chi connectivity index (χ0) is 15.9. The highest BCUT2D eigenvalue weighted by molar-refractivity contribution is 6.28. The number of hydrogen-bond acceptors (Lipinski definition) is 2. The summed E-state index contributed by atoms with van der Waals surface area (Å²) in [4.78, 5) is 8.48. The van der Waals surface area contributed by atoms with Crippen LogP contribution in [0.25, 0.3) is 24.3 Å². The summed E-state index contributed by atoms with van der Waals surface area (Å²) in [5.74, 6) is 0. The third kappa shape index (κ3) is 4.63. The van der Waals surface area contributed by atoms with E-state index in [0.717, 1.165) is 22.5 Å². The molecule has 0 aliphatic carbocycles. The van der Waals surface area contributed by atoms with Crippen LogP contribution in [-0.4, -0.2) is 9.97 Å². The van der Waals surface area contributed by atoms with Gasteiger partial charge in [0.25, 0.3) is 0 Å². The van der Waals surface area contributed by atoms with E-state index >= 15 is 0 Å². The van der Waals surface area contributed by atoms with Gasteiger partial charge in [0.2, 0.25) is 5.28 Å². The van der Waals surface area contributed by atoms with Crippen LogP contribution < -0.4 is 0 Å². The van der Waals surface area contributed by atoms with Gasteiger partial charge in [-0.1, -0.05) is 72.8 Å². The number of rotatable bonds is 4. The van der Waals surface area contributed by atoms with Crippen LogP contribution in [0.15, 0.2) is 66.7 Å². The number of aromatic nitrogens is 2. The lowest BCUT2D eigenvalue weighted by molar-refractivity contribution is 1.14. The molecule has 0 bridgehead atoms. The molecule has 0 aliphatic heterocycles. The van der Waals surface area contributed by atoms with Crippen molar-refractivity contribution < 1.29 is 0 Å². The molecule has 0 fully saturated rings. The van der Waals surface area contributed by atoms with Crippen molar-refractivity contribution in [2.45, 2.75) is 0 Å². The molecule has 3 aromatic rings. The zero-order valence-corrected chi connectivity index (χ0v) is 13.2. The van der Waals surface area contributed by atoms with Crippen molar-refractivity contribution in [3.8, 4) is 0 Å². The molecule has 0 N–H and O–H groups in total. The first-order valence-electron chi connectivity index (χ1n) is 7.30. The van der Waals surface area contributed by atoms with E-state index in [9.17, 15) is 0 Å². The van der Waals surface area contributed by atoms with Gasteiger partial charge in [-0.05, 0) is 40.9 Å². The van der Waals surface area contributed by atoms with Crippen LogP contribution in [0.3, 0.4) is 0 Å². The Morgan fingerprint density at radius 1 is 0.609 bits per heavy atom. The average molecular weight is 319 g/mol. The molecular weight excluding hydrogens is 304 g/mol. The largest absolute Gasteiger partial charge is 0.223 e. The third-order valence-electron chi connectivity index (χ3n) is 3.23. The molecule has 0 radical (unpaired) electrons. The van der Waals surface area contributed by atoms with Gasteiger partial charge < -0.3 is 0 Å². The Hall–Kier alpha value is -2.71. The summed E-state index contributed by atoms with van der Waals surface area (Å²) in [6.45, 7) is 0. The van der Waals surface area contributed by atoms with Gasteiger partial charge in [-0.25, -0.2) is 9.97 Å². The van der Waals surface area contributed by atoms with E-state index in [1.54, 1.807) is 0 Å². The fraction of sp³-hybridized carbons (Fsp3) is 0. The van der Waals surface area contributed by atoms with Crippen molar-refractivity contribution in [3.63, 3.8) is 0 Å². The van der Waals surface area contributed by atoms with E-state index in [4.69, 9.17) is 11.6 Å². The molecule has 0 unspecified atom stereocenters. The Kier molecular flexibility index (Phi) is 4.97. The topological polar surface area (TPSA) is 25.8 Å². The lowest BCUT2D eigenvalue weighted by atomic mass is 10.2. The van der Waals surface area contributed by atoms with Crippen LogP contribution in [0, 0.1) is 0 Å². The van der Waals surface area contributed by atoms with Crippen LogP contribution in [0.2, 0.25) is 5.28 Å². The number of hydrogen-bond donors (Lipinski definition) is 0. The van der Waals surface area contributed by atoms with E-state index in [1.807, 2.05) is 91.0 Å². The molecule has 0 aliphatic rings. The number of nitrogens with zero attached hydrogens (tertiary/aromatic N) is 2. The highest BCUT2D eigenvalue weighted by Crippen LogP contribution is 2.13. The molecule has 1 heterocycles. The van der Waals surface area contributed by atoms with Gasteiger partial charge in [-0.3, -0.25) is 0 Å². The van der Waals surface area contributed by atoms with E-state index in [1.165, 1.54) is 0 Å². The van der Waals surface area contributed by atoms with Gasteiger partial charge in [-0.15, -0.1) is 0 Å². The number of benzene rings is 2. The highest BCUT2D eigenvalue weighted by atomic mass is 35.5.